The quantitative estimate of drug-likeness (QED) is 0.226. The Balaban J connectivity index is 2.77. The second kappa shape index (κ2) is 3.40. The second-order valence-corrected chi connectivity index (χ2v) is 1.89. The Morgan fingerprint density at radius 2 is 2.50 bits per heavy atom. The maximum atomic E-state index is 10.1. The van der Waals surface area contributed by atoms with Crippen molar-refractivity contribution in [2.45, 2.75) is 6.54 Å². The van der Waals surface area contributed by atoms with Crippen molar-refractivity contribution in [1.29, 1.82) is 0 Å². The van der Waals surface area contributed by atoms with E-state index in [1.54, 1.807) is 0 Å². The van der Waals surface area contributed by atoms with Gasteiger partial charge in [-0.25, -0.2) is 0 Å². The highest BCUT2D eigenvalue weighted by atomic mass is 16.6. The van der Waals surface area contributed by atoms with Crippen LogP contribution < -0.4 is 0 Å². The van der Waals surface area contributed by atoms with Crippen LogP contribution in [0.4, 0.5) is 5.88 Å². The first-order chi connectivity index (χ1) is 5.74. The summed E-state index contributed by atoms with van der Waals surface area (Å²) in [5.74, 6) is -0.0716. The van der Waals surface area contributed by atoms with Crippen molar-refractivity contribution < 1.29 is 9.34 Å². The minimum atomic E-state index is -0.653. The molecule has 0 aromatic carbocycles. The number of nitro groups is 1. The van der Waals surface area contributed by atoms with Crippen LogP contribution in [0.25, 0.3) is 10.4 Å². The van der Waals surface area contributed by atoms with Gasteiger partial charge in [-0.05, 0) is 11.6 Å². The summed E-state index contributed by atoms with van der Waals surface area (Å²) >= 11 is 0. The van der Waals surface area contributed by atoms with Crippen molar-refractivity contribution in [1.82, 2.24) is 0 Å². The molecule has 0 spiro atoms. The van der Waals surface area contributed by atoms with Gasteiger partial charge in [-0.15, -0.1) is 0 Å². The summed E-state index contributed by atoms with van der Waals surface area (Å²) in [7, 11) is 0. The normalized spacial score (nSPS) is 9.00. The number of hydrogen-bond acceptors (Lipinski definition) is 4. The van der Waals surface area contributed by atoms with Gasteiger partial charge in [-0.3, -0.25) is 10.1 Å². The molecule has 0 saturated carbocycles. The van der Waals surface area contributed by atoms with Crippen LogP contribution in [0.5, 0.6) is 0 Å². The fourth-order valence-electron chi connectivity index (χ4n) is 0.651. The predicted molar refractivity (Wildman–Crippen MR) is 38.2 cm³/mol. The monoisotopic (exact) mass is 168 g/mol. The van der Waals surface area contributed by atoms with Crippen LogP contribution in [0.2, 0.25) is 0 Å². The lowest BCUT2D eigenvalue weighted by molar-refractivity contribution is -0.402. The van der Waals surface area contributed by atoms with Gasteiger partial charge in [0.05, 0.1) is 12.6 Å². The summed E-state index contributed by atoms with van der Waals surface area (Å²) < 4.78 is 4.68. The van der Waals surface area contributed by atoms with E-state index in [9.17, 15) is 10.1 Å². The van der Waals surface area contributed by atoms with Crippen LogP contribution in [0.15, 0.2) is 21.7 Å². The number of azide groups is 1. The van der Waals surface area contributed by atoms with Crippen molar-refractivity contribution in [3.05, 3.63) is 38.5 Å². The average molecular weight is 168 g/mol. The smallest absolute Gasteiger partial charge is 0.406 e. The molecule has 0 radical (unpaired) electrons. The van der Waals surface area contributed by atoms with Crippen LogP contribution in [0.1, 0.15) is 5.76 Å². The lowest BCUT2D eigenvalue weighted by Gasteiger charge is -1.83. The van der Waals surface area contributed by atoms with E-state index in [-0.39, 0.29) is 18.2 Å². The summed E-state index contributed by atoms with van der Waals surface area (Å²) in [6, 6.07) is 2.61. The number of nitrogens with zero attached hydrogens (tertiary/aromatic N) is 4. The summed E-state index contributed by atoms with van der Waals surface area (Å²) in [5, 5.41) is 13.3. The molecule has 1 aromatic heterocycles. The molecule has 0 aliphatic heterocycles. The van der Waals surface area contributed by atoms with E-state index in [1.165, 1.54) is 12.1 Å². The van der Waals surface area contributed by atoms with E-state index in [1.807, 2.05) is 0 Å². The molecule has 1 aromatic rings. The van der Waals surface area contributed by atoms with Crippen LogP contribution in [-0.2, 0) is 6.54 Å². The van der Waals surface area contributed by atoms with Gasteiger partial charge in [-0.2, -0.15) is 0 Å². The molecular formula is C5H4N4O3. The first kappa shape index (κ1) is 8.09. The Morgan fingerprint density at radius 1 is 1.75 bits per heavy atom. The van der Waals surface area contributed by atoms with E-state index < -0.39 is 4.92 Å². The molecule has 0 N–H and O–H groups in total. The first-order valence-electron chi connectivity index (χ1n) is 2.98. The van der Waals surface area contributed by atoms with Crippen molar-refractivity contribution in [2.75, 3.05) is 0 Å². The molecule has 0 aliphatic rings. The van der Waals surface area contributed by atoms with Crippen LogP contribution >= 0.6 is 0 Å². The van der Waals surface area contributed by atoms with Gasteiger partial charge in [0.1, 0.15) is 10.7 Å². The number of furan rings is 1. The Kier molecular flexibility index (Phi) is 2.29. The molecule has 0 amide bonds. The molecule has 0 aliphatic carbocycles. The van der Waals surface area contributed by atoms with E-state index in [0.717, 1.165) is 0 Å². The molecule has 1 rings (SSSR count). The molecule has 0 fully saturated rings. The van der Waals surface area contributed by atoms with Gasteiger partial charge in [0, 0.05) is 4.91 Å². The van der Waals surface area contributed by atoms with E-state index in [4.69, 9.17) is 5.53 Å². The maximum Gasteiger partial charge on any atom is 0.433 e. The highest BCUT2D eigenvalue weighted by molar-refractivity contribution is 5.17. The Morgan fingerprint density at radius 3 is 3.00 bits per heavy atom. The maximum absolute atomic E-state index is 10.1. The summed E-state index contributed by atoms with van der Waals surface area (Å²) in [6.45, 7) is -0.00958. The molecule has 1 heterocycles. The Bertz CT molecular complexity index is 338. The largest absolute Gasteiger partial charge is 0.433 e. The minimum absolute atomic E-state index is 0.00958. The van der Waals surface area contributed by atoms with Crippen molar-refractivity contribution in [3.63, 3.8) is 0 Å². The lowest BCUT2D eigenvalue weighted by Crippen LogP contribution is -1.82. The summed E-state index contributed by atoms with van der Waals surface area (Å²) in [4.78, 5) is 11.9. The SMILES string of the molecule is [N-]=[N+]=NCc1ccc([N+](=O)[O-])o1. The van der Waals surface area contributed by atoms with Crippen LogP contribution in [-0.4, -0.2) is 4.92 Å². The molecule has 62 valence electrons. The van der Waals surface area contributed by atoms with Gasteiger partial charge < -0.3 is 4.42 Å². The zero-order valence-corrected chi connectivity index (χ0v) is 5.88. The van der Waals surface area contributed by atoms with Gasteiger partial charge in [0.15, 0.2) is 0 Å². The highest BCUT2D eigenvalue weighted by Gasteiger charge is 2.10. The number of hydrogen-bond donors (Lipinski definition) is 0. The topological polar surface area (TPSA) is 105 Å². The fourth-order valence-corrected chi connectivity index (χ4v) is 0.651. The van der Waals surface area contributed by atoms with Gasteiger partial charge >= 0.3 is 5.88 Å². The van der Waals surface area contributed by atoms with Crippen molar-refractivity contribution >= 4 is 5.88 Å². The van der Waals surface area contributed by atoms with Crippen LogP contribution in [0.3, 0.4) is 0 Å². The van der Waals surface area contributed by atoms with E-state index in [0.29, 0.717) is 0 Å². The molecule has 7 nitrogen and oxygen atoms in total. The Hall–Kier alpha value is -2.01. The third-order valence-corrected chi connectivity index (χ3v) is 1.12. The van der Waals surface area contributed by atoms with E-state index in [2.05, 4.69) is 14.4 Å². The van der Waals surface area contributed by atoms with Crippen LogP contribution in [0, 0.1) is 10.1 Å². The molecule has 0 bridgehead atoms. The van der Waals surface area contributed by atoms with Crippen molar-refractivity contribution in [2.24, 2.45) is 5.11 Å². The fraction of sp³-hybridized carbons (Fsp3) is 0.200. The predicted octanol–water partition coefficient (Wildman–Crippen LogP) is 2.00. The molecule has 12 heavy (non-hydrogen) atoms. The minimum Gasteiger partial charge on any atom is -0.406 e. The van der Waals surface area contributed by atoms with Crippen molar-refractivity contribution in [3.8, 4) is 0 Å². The molecule has 7 heteroatoms. The summed E-state index contributed by atoms with van der Waals surface area (Å²) in [5.41, 5.74) is 7.93. The second-order valence-electron chi connectivity index (χ2n) is 1.89. The zero-order valence-electron chi connectivity index (χ0n) is 5.88. The third kappa shape index (κ3) is 1.74. The molecule has 0 saturated heterocycles. The number of rotatable bonds is 3. The average Bonchev–Trinajstić information content (AvgIpc) is 2.48. The Labute approximate surface area is 66.4 Å². The van der Waals surface area contributed by atoms with E-state index >= 15 is 0 Å². The highest BCUT2D eigenvalue weighted by Crippen LogP contribution is 2.15. The summed E-state index contributed by atoms with van der Waals surface area (Å²) in [6.07, 6.45) is 0. The lowest BCUT2D eigenvalue weighted by atomic mass is 10.5. The molecule has 0 atom stereocenters. The standard InChI is InChI=1S/C5H4N4O3/c6-8-7-3-4-1-2-5(12-4)9(10)11/h1-2H,3H2. The van der Waals surface area contributed by atoms with Gasteiger partial charge in [-0.1, -0.05) is 5.11 Å². The zero-order chi connectivity index (χ0) is 8.97. The first-order valence-corrected chi connectivity index (χ1v) is 2.98. The molecular weight excluding hydrogens is 164 g/mol. The van der Waals surface area contributed by atoms with Gasteiger partial charge in [0.2, 0.25) is 0 Å². The third-order valence-electron chi connectivity index (χ3n) is 1.12. The molecule has 0 unspecified atom stereocenters. The van der Waals surface area contributed by atoms with Gasteiger partial charge in [0.25, 0.3) is 0 Å².